The average Bonchev–Trinajstić information content (AvgIpc) is 2.17. The zero-order valence-electron chi connectivity index (χ0n) is 9.01. The molecule has 16 heavy (non-hydrogen) atoms. The Balaban J connectivity index is 2.72. The summed E-state index contributed by atoms with van der Waals surface area (Å²) in [5.41, 5.74) is 6.14. The second-order valence-corrected chi connectivity index (χ2v) is 3.36. The fraction of sp³-hybridized carbons (Fsp3) is 0.364. The van der Waals surface area contributed by atoms with Gasteiger partial charge in [-0.05, 0) is 13.0 Å². The Morgan fingerprint density at radius 3 is 2.75 bits per heavy atom. The fourth-order valence-electron chi connectivity index (χ4n) is 1.36. The van der Waals surface area contributed by atoms with E-state index in [0.29, 0.717) is 12.2 Å². The summed E-state index contributed by atoms with van der Waals surface area (Å²) in [4.78, 5) is 11.2. The number of phenols is 2. The van der Waals surface area contributed by atoms with Crippen LogP contribution in [-0.4, -0.2) is 22.8 Å². The summed E-state index contributed by atoms with van der Waals surface area (Å²) in [5.74, 6) is -0.594. The molecule has 0 aliphatic carbocycles. The van der Waals surface area contributed by atoms with Crippen molar-refractivity contribution in [3.05, 3.63) is 23.8 Å². The zero-order valence-corrected chi connectivity index (χ0v) is 9.01. The molecule has 1 aromatic carbocycles. The number of carbonyl (C=O) groups excluding carboxylic acids is 1. The SMILES string of the molecule is CCOC(=O)C[C@@H](N)c1ccc(O)cc1O. The first kappa shape index (κ1) is 12.3. The molecule has 5 nitrogen and oxygen atoms in total. The number of benzene rings is 1. The van der Waals surface area contributed by atoms with Gasteiger partial charge in [0.1, 0.15) is 11.5 Å². The molecule has 0 fully saturated rings. The Morgan fingerprint density at radius 2 is 2.19 bits per heavy atom. The molecule has 1 aromatic rings. The highest BCUT2D eigenvalue weighted by atomic mass is 16.5. The van der Waals surface area contributed by atoms with Crippen LogP contribution in [0.15, 0.2) is 18.2 Å². The topological polar surface area (TPSA) is 92.8 Å². The number of ether oxygens (including phenoxy) is 1. The smallest absolute Gasteiger partial charge is 0.307 e. The van der Waals surface area contributed by atoms with Crippen molar-refractivity contribution in [2.24, 2.45) is 5.73 Å². The number of nitrogens with two attached hydrogens (primary N) is 1. The maximum absolute atomic E-state index is 11.2. The minimum Gasteiger partial charge on any atom is -0.508 e. The summed E-state index contributed by atoms with van der Waals surface area (Å²) < 4.78 is 4.75. The average molecular weight is 225 g/mol. The number of aromatic hydroxyl groups is 2. The summed E-state index contributed by atoms with van der Waals surface area (Å²) >= 11 is 0. The highest BCUT2D eigenvalue weighted by Gasteiger charge is 2.15. The summed E-state index contributed by atoms with van der Waals surface area (Å²) in [5, 5.41) is 18.6. The third-order valence-electron chi connectivity index (χ3n) is 2.11. The van der Waals surface area contributed by atoms with Gasteiger partial charge in [-0.1, -0.05) is 6.07 Å². The largest absolute Gasteiger partial charge is 0.508 e. The molecule has 0 radical (unpaired) electrons. The van der Waals surface area contributed by atoms with Gasteiger partial charge in [-0.3, -0.25) is 4.79 Å². The molecule has 0 aromatic heterocycles. The molecule has 1 atom stereocenters. The van der Waals surface area contributed by atoms with Crippen molar-refractivity contribution in [3.8, 4) is 11.5 Å². The van der Waals surface area contributed by atoms with Crippen molar-refractivity contribution in [1.82, 2.24) is 0 Å². The van der Waals surface area contributed by atoms with Gasteiger partial charge < -0.3 is 20.7 Å². The van der Waals surface area contributed by atoms with Crippen LogP contribution in [0.4, 0.5) is 0 Å². The van der Waals surface area contributed by atoms with E-state index in [0.717, 1.165) is 0 Å². The van der Waals surface area contributed by atoms with Crippen LogP contribution in [0.5, 0.6) is 11.5 Å². The van der Waals surface area contributed by atoms with Crippen LogP contribution >= 0.6 is 0 Å². The van der Waals surface area contributed by atoms with Gasteiger partial charge in [-0.25, -0.2) is 0 Å². The van der Waals surface area contributed by atoms with Crippen molar-refractivity contribution >= 4 is 5.97 Å². The normalized spacial score (nSPS) is 12.1. The molecule has 0 saturated heterocycles. The van der Waals surface area contributed by atoms with Crippen LogP contribution in [-0.2, 0) is 9.53 Å². The summed E-state index contributed by atoms with van der Waals surface area (Å²) in [6.07, 6.45) is -0.00776. The van der Waals surface area contributed by atoms with Gasteiger partial charge in [0.15, 0.2) is 0 Å². The molecule has 0 aliphatic rings. The molecule has 0 aliphatic heterocycles. The van der Waals surface area contributed by atoms with Crippen LogP contribution in [0.1, 0.15) is 24.9 Å². The molecule has 0 heterocycles. The summed E-state index contributed by atoms with van der Waals surface area (Å²) in [7, 11) is 0. The van der Waals surface area contributed by atoms with Gasteiger partial charge in [0, 0.05) is 17.7 Å². The van der Waals surface area contributed by atoms with Gasteiger partial charge in [0.2, 0.25) is 0 Å². The van der Waals surface area contributed by atoms with Gasteiger partial charge >= 0.3 is 5.97 Å². The first-order chi connectivity index (χ1) is 7.54. The third-order valence-corrected chi connectivity index (χ3v) is 2.11. The third kappa shape index (κ3) is 3.13. The first-order valence-corrected chi connectivity index (χ1v) is 4.97. The van der Waals surface area contributed by atoms with E-state index in [9.17, 15) is 9.90 Å². The van der Waals surface area contributed by atoms with Crippen molar-refractivity contribution in [2.75, 3.05) is 6.61 Å². The lowest BCUT2D eigenvalue weighted by molar-refractivity contribution is -0.143. The molecule has 0 spiro atoms. The van der Waals surface area contributed by atoms with Gasteiger partial charge in [0.25, 0.3) is 0 Å². The van der Waals surface area contributed by atoms with Crippen molar-refractivity contribution in [2.45, 2.75) is 19.4 Å². The van der Waals surface area contributed by atoms with E-state index < -0.39 is 12.0 Å². The molecule has 5 heteroatoms. The monoisotopic (exact) mass is 225 g/mol. The molecule has 0 bridgehead atoms. The predicted octanol–water partition coefficient (Wildman–Crippen LogP) is 1.05. The first-order valence-electron chi connectivity index (χ1n) is 4.97. The van der Waals surface area contributed by atoms with E-state index in [1.165, 1.54) is 18.2 Å². The molecular formula is C11H15NO4. The molecule has 0 unspecified atom stereocenters. The highest BCUT2D eigenvalue weighted by Crippen LogP contribution is 2.28. The predicted molar refractivity (Wildman–Crippen MR) is 58.0 cm³/mol. The number of hydrogen-bond donors (Lipinski definition) is 3. The number of phenolic OH excluding ortho intramolecular Hbond substituents is 2. The Morgan fingerprint density at radius 1 is 1.50 bits per heavy atom. The Hall–Kier alpha value is -1.75. The van der Waals surface area contributed by atoms with E-state index in [4.69, 9.17) is 15.6 Å². The van der Waals surface area contributed by atoms with Crippen molar-refractivity contribution in [1.29, 1.82) is 0 Å². The van der Waals surface area contributed by atoms with Crippen molar-refractivity contribution < 1.29 is 19.7 Å². The van der Waals surface area contributed by atoms with E-state index >= 15 is 0 Å². The standard InChI is InChI=1S/C11H15NO4/c1-2-16-11(15)6-9(12)8-4-3-7(13)5-10(8)14/h3-5,9,13-14H,2,6,12H2,1H3/t9-/m1/s1. The number of hydrogen-bond acceptors (Lipinski definition) is 5. The lowest BCUT2D eigenvalue weighted by atomic mass is 10.0. The Bertz CT molecular complexity index is 378. The Kier molecular flexibility index (Phi) is 4.13. The Labute approximate surface area is 93.5 Å². The second-order valence-electron chi connectivity index (χ2n) is 3.36. The molecule has 0 saturated carbocycles. The zero-order chi connectivity index (χ0) is 12.1. The summed E-state index contributed by atoms with van der Waals surface area (Å²) in [6.45, 7) is 2.01. The van der Waals surface area contributed by atoms with Crippen LogP contribution < -0.4 is 5.73 Å². The molecule has 4 N–H and O–H groups in total. The highest BCUT2D eigenvalue weighted by molar-refractivity contribution is 5.70. The minimum atomic E-state index is -0.639. The molecule has 0 amide bonds. The number of rotatable bonds is 4. The quantitative estimate of drug-likeness (QED) is 0.666. The maximum Gasteiger partial charge on any atom is 0.307 e. The lowest BCUT2D eigenvalue weighted by Gasteiger charge is -2.12. The minimum absolute atomic E-state index is 0.00776. The van der Waals surface area contributed by atoms with Crippen LogP contribution in [0.2, 0.25) is 0 Å². The number of esters is 1. The van der Waals surface area contributed by atoms with Gasteiger partial charge in [-0.15, -0.1) is 0 Å². The van der Waals surface area contributed by atoms with E-state index in [1.54, 1.807) is 6.92 Å². The van der Waals surface area contributed by atoms with E-state index in [2.05, 4.69) is 0 Å². The van der Waals surface area contributed by atoms with Crippen LogP contribution in [0.25, 0.3) is 0 Å². The molecule has 88 valence electrons. The van der Waals surface area contributed by atoms with E-state index in [1.807, 2.05) is 0 Å². The molecular weight excluding hydrogens is 210 g/mol. The molecule has 1 rings (SSSR count). The number of carbonyl (C=O) groups is 1. The maximum atomic E-state index is 11.2. The van der Waals surface area contributed by atoms with Gasteiger partial charge in [-0.2, -0.15) is 0 Å². The van der Waals surface area contributed by atoms with Gasteiger partial charge in [0.05, 0.1) is 13.0 Å². The second kappa shape index (κ2) is 5.37. The van der Waals surface area contributed by atoms with Crippen LogP contribution in [0.3, 0.4) is 0 Å². The van der Waals surface area contributed by atoms with E-state index in [-0.39, 0.29) is 17.9 Å². The van der Waals surface area contributed by atoms with Crippen LogP contribution in [0, 0.1) is 0 Å². The van der Waals surface area contributed by atoms with Crippen molar-refractivity contribution in [3.63, 3.8) is 0 Å². The lowest BCUT2D eigenvalue weighted by Crippen LogP contribution is -2.17. The summed E-state index contributed by atoms with van der Waals surface area (Å²) in [6, 6.07) is 3.43. The fourth-order valence-corrected chi connectivity index (χ4v) is 1.36.